The van der Waals surface area contributed by atoms with E-state index in [1.807, 2.05) is 0 Å². The first-order valence-corrected chi connectivity index (χ1v) is 33.1. The second-order valence-electron chi connectivity index (χ2n) is 22.4. The fourth-order valence-corrected chi connectivity index (χ4v) is 9.91. The molecule has 0 aromatic carbocycles. The van der Waals surface area contributed by atoms with Gasteiger partial charge < -0.3 is 14.2 Å². The second kappa shape index (κ2) is 63.9. The third-order valence-electron chi connectivity index (χ3n) is 14.8. The van der Waals surface area contributed by atoms with Crippen molar-refractivity contribution in [1.29, 1.82) is 0 Å². The largest absolute Gasteiger partial charge is 0.462 e. The van der Waals surface area contributed by atoms with Crippen molar-refractivity contribution in [2.75, 3.05) is 13.2 Å². The number of unbranched alkanes of at least 4 members (excludes halogenated alkanes) is 42. The van der Waals surface area contributed by atoms with Gasteiger partial charge in [-0.3, -0.25) is 14.4 Å². The van der Waals surface area contributed by atoms with E-state index in [0.717, 1.165) is 83.5 Å². The van der Waals surface area contributed by atoms with Crippen LogP contribution in [0.25, 0.3) is 0 Å². The maximum Gasteiger partial charge on any atom is 0.306 e. The highest BCUT2D eigenvalue weighted by Crippen LogP contribution is 2.18. The summed E-state index contributed by atoms with van der Waals surface area (Å²) in [6, 6.07) is 0. The van der Waals surface area contributed by atoms with Gasteiger partial charge in [-0.15, -0.1) is 0 Å². The molecule has 1 atom stereocenters. The van der Waals surface area contributed by atoms with Gasteiger partial charge in [-0.05, 0) is 57.8 Å². The Balaban J connectivity index is 4.31. The van der Waals surface area contributed by atoms with Gasteiger partial charge in [-0.1, -0.05) is 326 Å². The lowest BCUT2D eigenvalue weighted by atomic mass is 10.0. The van der Waals surface area contributed by atoms with E-state index in [1.54, 1.807) is 0 Å². The first-order chi connectivity index (χ1) is 37.0. The fraction of sp³-hybridized carbons (Fsp3) is 0.841. The molecule has 0 spiro atoms. The summed E-state index contributed by atoms with van der Waals surface area (Å²) in [4.78, 5) is 38.3. The summed E-state index contributed by atoms with van der Waals surface area (Å²) in [7, 11) is 0. The van der Waals surface area contributed by atoms with Crippen molar-refractivity contribution in [3.05, 3.63) is 48.6 Å². The molecule has 6 heteroatoms. The summed E-state index contributed by atoms with van der Waals surface area (Å²) in [6.45, 7) is 6.56. The lowest BCUT2D eigenvalue weighted by Gasteiger charge is -2.18. The molecule has 0 heterocycles. The Morgan fingerprint density at radius 2 is 0.520 bits per heavy atom. The molecule has 0 rings (SSSR count). The topological polar surface area (TPSA) is 78.9 Å². The summed E-state index contributed by atoms with van der Waals surface area (Å²) in [5.74, 6) is -0.899. The number of hydrogen-bond donors (Lipinski definition) is 0. The standard InChI is InChI=1S/C69H126O6/c1-4-7-10-13-16-19-22-25-28-30-32-33-34-35-37-38-41-44-47-50-53-56-59-62-68(71)74-65-66(64-73-67(70)61-58-55-52-49-46-43-40-27-24-21-18-15-12-9-6-3)75-69(72)63-60-57-54-51-48-45-42-39-36-31-29-26-23-20-17-14-11-8-5-2/h9,12,18,21,27,40,46,49,66H,4-8,10-11,13-17,19-20,22-26,28-39,41-45,47-48,50-65H2,1-3H3/b12-9-,21-18-,40-27-,49-46-. The Bertz CT molecular complexity index is 1300. The molecule has 0 saturated carbocycles. The average molecular weight is 1050 g/mol. The maximum absolute atomic E-state index is 12.9. The van der Waals surface area contributed by atoms with Crippen LogP contribution in [0.15, 0.2) is 48.6 Å². The molecule has 75 heavy (non-hydrogen) atoms. The van der Waals surface area contributed by atoms with Crippen molar-refractivity contribution >= 4 is 17.9 Å². The van der Waals surface area contributed by atoms with Crippen molar-refractivity contribution < 1.29 is 28.6 Å². The summed E-state index contributed by atoms with van der Waals surface area (Å²) < 4.78 is 16.9. The third-order valence-corrected chi connectivity index (χ3v) is 14.8. The van der Waals surface area contributed by atoms with Gasteiger partial charge in [-0.25, -0.2) is 0 Å². The zero-order chi connectivity index (χ0) is 54.3. The van der Waals surface area contributed by atoms with Crippen LogP contribution >= 0.6 is 0 Å². The van der Waals surface area contributed by atoms with Crippen molar-refractivity contribution in [3.8, 4) is 0 Å². The van der Waals surface area contributed by atoms with Crippen LogP contribution in [0, 0.1) is 0 Å². The molecule has 0 saturated heterocycles. The van der Waals surface area contributed by atoms with E-state index in [2.05, 4.69) is 69.4 Å². The molecule has 0 fully saturated rings. The molecule has 438 valence electrons. The SMILES string of the molecule is CC/C=C\C/C=C\C/C=C\C/C=C\CCCCC(=O)OCC(COC(=O)CCCCCCCCCCCCCCCCCCCCCCCCC)OC(=O)CCCCCCCCCCCCCCCCCCCCC. The quantitative estimate of drug-likeness (QED) is 0.0261. The van der Waals surface area contributed by atoms with Crippen LogP contribution in [0.1, 0.15) is 355 Å². The molecule has 0 bridgehead atoms. The number of esters is 3. The Morgan fingerprint density at radius 3 is 0.813 bits per heavy atom. The molecule has 0 radical (unpaired) electrons. The number of allylic oxidation sites excluding steroid dienone is 8. The predicted octanol–water partition coefficient (Wildman–Crippen LogP) is 22.6. The Kier molecular flexibility index (Phi) is 61.7. The molecule has 0 aliphatic carbocycles. The van der Waals surface area contributed by atoms with Gasteiger partial charge in [0, 0.05) is 19.3 Å². The Hall–Kier alpha value is -2.63. The number of carbonyl (C=O) groups is 3. The number of carbonyl (C=O) groups excluding carboxylic acids is 3. The van der Waals surface area contributed by atoms with Crippen LogP contribution in [-0.4, -0.2) is 37.2 Å². The van der Waals surface area contributed by atoms with Crippen LogP contribution in [0.3, 0.4) is 0 Å². The summed E-state index contributed by atoms with van der Waals surface area (Å²) in [6.07, 6.45) is 79.9. The Morgan fingerprint density at radius 1 is 0.280 bits per heavy atom. The number of ether oxygens (including phenoxy) is 3. The first-order valence-electron chi connectivity index (χ1n) is 33.1. The normalized spacial score (nSPS) is 12.3. The van der Waals surface area contributed by atoms with Gasteiger partial charge in [-0.2, -0.15) is 0 Å². The number of hydrogen-bond acceptors (Lipinski definition) is 6. The molecule has 0 aromatic rings. The molecule has 0 N–H and O–H groups in total. The smallest absolute Gasteiger partial charge is 0.306 e. The van der Waals surface area contributed by atoms with Crippen LogP contribution in [0.5, 0.6) is 0 Å². The zero-order valence-electron chi connectivity index (χ0n) is 50.3. The maximum atomic E-state index is 12.9. The first kappa shape index (κ1) is 72.4. The van der Waals surface area contributed by atoms with E-state index in [4.69, 9.17) is 14.2 Å². The van der Waals surface area contributed by atoms with Gasteiger partial charge >= 0.3 is 17.9 Å². The minimum Gasteiger partial charge on any atom is -0.462 e. The van der Waals surface area contributed by atoms with Gasteiger partial charge in [0.15, 0.2) is 6.10 Å². The lowest BCUT2D eigenvalue weighted by Crippen LogP contribution is -2.30. The van der Waals surface area contributed by atoms with Crippen molar-refractivity contribution in [3.63, 3.8) is 0 Å². The molecular weight excluding hydrogens is 925 g/mol. The second-order valence-corrected chi connectivity index (χ2v) is 22.4. The van der Waals surface area contributed by atoms with Crippen molar-refractivity contribution in [2.45, 2.75) is 361 Å². The highest BCUT2D eigenvalue weighted by molar-refractivity contribution is 5.71. The molecule has 0 aliphatic rings. The van der Waals surface area contributed by atoms with E-state index in [0.29, 0.717) is 19.3 Å². The number of rotatable bonds is 61. The van der Waals surface area contributed by atoms with Gasteiger partial charge in [0.2, 0.25) is 0 Å². The van der Waals surface area contributed by atoms with Crippen LogP contribution in [0.4, 0.5) is 0 Å². The van der Waals surface area contributed by atoms with E-state index in [1.165, 1.54) is 231 Å². The summed E-state index contributed by atoms with van der Waals surface area (Å²) >= 11 is 0. The average Bonchev–Trinajstić information content (AvgIpc) is 3.41. The molecule has 0 aromatic heterocycles. The lowest BCUT2D eigenvalue weighted by molar-refractivity contribution is -0.167. The van der Waals surface area contributed by atoms with E-state index in [-0.39, 0.29) is 31.1 Å². The summed E-state index contributed by atoms with van der Waals surface area (Å²) in [5, 5.41) is 0. The minimum atomic E-state index is -0.788. The fourth-order valence-electron chi connectivity index (χ4n) is 9.91. The van der Waals surface area contributed by atoms with Gasteiger partial charge in [0.05, 0.1) is 0 Å². The molecule has 0 amide bonds. The highest BCUT2D eigenvalue weighted by Gasteiger charge is 2.19. The van der Waals surface area contributed by atoms with E-state index < -0.39 is 6.10 Å². The predicted molar refractivity (Wildman–Crippen MR) is 325 cm³/mol. The molecule has 6 nitrogen and oxygen atoms in total. The highest BCUT2D eigenvalue weighted by atomic mass is 16.6. The zero-order valence-corrected chi connectivity index (χ0v) is 50.3. The van der Waals surface area contributed by atoms with Gasteiger partial charge in [0.25, 0.3) is 0 Å². The van der Waals surface area contributed by atoms with Crippen LogP contribution in [0.2, 0.25) is 0 Å². The van der Waals surface area contributed by atoms with Crippen molar-refractivity contribution in [1.82, 2.24) is 0 Å². The third kappa shape index (κ3) is 62.1. The van der Waals surface area contributed by atoms with Crippen molar-refractivity contribution in [2.24, 2.45) is 0 Å². The molecule has 1 unspecified atom stereocenters. The monoisotopic (exact) mass is 1050 g/mol. The van der Waals surface area contributed by atoms with E-state index >= 15 is 0 Å². The summed E-state index contributed by atoms with van der Waals surface area (Å²) in [5.41, 5.74) is 0. The minimum absolute atomic E-state index is 0.0811. The van der Waals surface area contributed by atoms with Crippen LogP contribution < -0.4 is 0 Å². The Labute approximate surface area is 467 Å². The van der Waals surface area contributed by atoms with Crippen LogP contribution in [-0.2, 0) is 28.6 Å². The van der Waals surface area contributed by atoms with Gasteiger partial charge in [0.1, 0.15) is 13.2 Å². The molecule has 0 aliphatic heterocycles. The molecular formula is C69H126O6. The van der Waals surface area contributed by atoms with E-state index in [9.17, 15) is 14.4 Å².